The number of carbonyl (C=O) groups is 2. The van der Waals surface area contributed by atoms with Crippen LogP contribution in [-0.2, 0) is 6.54 Å². The molecule has 0 saturated carbocycles. The molecule has 1 N–H and O–H groups in total. The maximum atomic E-state index is 13.4. The highest BCUT2D eigenvalue weighted by molar-refractivity contribution is 6.08. The molecule has 1 fully saturated rings. The van der Waals surface area contributed by atoms with E-state index in [1.165, 1.54) is 25.3 Å². The minimum atomic E-state index is -4.80. The lowest BCUT2D eigenvalue weighted by atomic mass is 10.1. The molecule has 3 amide bonds. The number of hydrogen-bond acceptors (Lipinski definition) is 4. The first-order valence-electron chi connectivity index (χ1n) is 11.6. The average Bonchev–Trinajstić information content (AvgIpc) is 2.85. The van der Waals surface area contributed by atoms with E-state index in [0.717, 1.165) is 5.56 Å². The van der Waals surface area contributed by atoms with Crippen molar-refractivity contribution in [2.24, 2.45) is 0 Å². The zero-order chi connectivity index (χ0) is 26.6. The number of benzene rings is 3. The molecular formula is C27H26F3N3O4. The van der Waals surface area contributed by atoms with Gasteiger partial charge in [0.25, 0.3) is 5.91 Å². The Morgan fingerprint density at radius 1 is 1.00 bits per heavy atom. The number of ether oxygens (including phenoxy) is 2. The van der Waals surface area contributed by atoms with Gasteiger partial charge in [-0.2, -0.15) is 0 Å². The van der Waals surface area contributed by atoms with E-state index in [9.17, 15) is 22.8 Å². The summed E-state index contributed by atoms with van der Waals surface area (Å²) in [6.45, 7) is 2.86. The van der Waals surface area contributed by atoms with E-state index >= 15 is 0 Å². The predicted molar refractivity (Wildman–Crippen MR) is 133 cm³/mol. The van der Waals surface area contributed by atoms with Gasteiger partial charge in [-0.1, -0.05) is 24.3 Å². The summed E-state index contributed by atoms with van der Waals surface area (Å²) < 4.78 is 47.0. The van der Waals surface area contributed by atoms with Crippen LogP contribution in [-0.4, -0.2) is 43.4 Å². The Balaban J connectivity index is 1.54. The summed E-state index contributed by atoms with van der Waals surface area (Å²) in [5.41, 5.74) is 2.81. The number of nitrogens with one attached hydrogen (secondary N) is 1. The fraction of sp³-hybridized carbons (Fsp3) is 0.259. The Labute approximate surface area is 212 Å². The van der Waals surface area contributed by atoms with Gasteiger partial charge in [-0.15, -0.1) is 13.2 Å². The second-order valence-electron chi connectivity index (χ2n) is 8.61. The Morgan fingerprint density at radius 3 is 2.51 bits per heavy atom. The van der Waals surface area contributed by atoms with Crippen molar-refractivity contribution < 1.29 is 32.2 Å². The number of methoxy groups -OCH3 is 1. The van der Waals surface area contributed by atoms with Crippen LogP contribution in [0, 0.1) is 6.92 Å². The summed E-state index contributed by atoms with van der Waals surface area (Å²) in [4.78, 5) is 29.5. The molecular weight excluding hydrogens is 487 g/mol. The second-order valence-corrected chi connectivity index (χ2v) is 8.61. The van der Waals surface area contributed by atoms with E-state index in [2.05, 4.69) is 10.1 Å². The molecule has 7 nitrogen and oxygen atoms in total. The SMILES string of the molecule is COc1cccc(C(=O)Nc2cc(C)ccc2N2CCCN(Cc3cccc(OC(F)(F)F)c3)C2=O)c1. The van der Waals surface area contributed by atoms with Crippen LogP contribution in [0.4, 0.5) is 29.3 Å². The number of rotatable bonds is 7. The number of carbonyl (C=O) groups excluding carboxylic acids is 2. The fourth-order valence-electron chi connectivity index (χ4n) is 4.16. The summed E-state index contributed by atoms with van der Waals surface area (Å²) in [6.07, 6.45) is -4.16. The van der Waals surface area contributed by atoms with Crippen LogP contribution in [0.1, 0.15) is 27.9 Å². The van der Waals surface area contributed by atoms with Gasteiger partial charge in [0.05, 0.1) is 18.5 Å². The monoisotopic (exact) mass is 513 g/mol. The number of halogens is 3. The standard InChI is InChI=1S/C27H26F3N3O4/c1-18-10-11-24(23(14-18)31-25(34)20-7-4-8-21(16-20)36-2)33-13-5-12-32(26(33)35)17-19-6-3-9-22(15-19)37-27(28,29)30/h3-4,6-11,14-16H,5,12-13,17H2,1-2H3,(H,31,34). The van der Waals surface area contributed by atoms with Crippen LogP contribution in [0.3, 0.4) is 0 Å². The summed E-state index contributed by atoms with van der Waals surface area (Å²) in [7, 11) is 1.52. The molecule has 37 heavy (non-hydrogen) atoms. The average molecular weight is 514 g/mol. The van der Waals surface area contributed by atoms with E-state index in [1.807, 2.05) is 13.0 Å². The van der Waals surface area contributed by atoms with E-state index in [0.29, 0.717) is 47.8 Å². The lowest BCUT2D eigenvalue weighted by Gasteiger charge is -2.36. The first kappa shape index (κ1) is 25.9. The first-order chi connectivity index (χ1) is 17.6. The van der Waals surface area contributed by atoms with Crippen LogP contribution in [0.15, 0.2) is 66.7 Å². The molecule has 3 aromatic carbocycles. The van der Waals surface area contributed by atoms with Crippen molar-refractivity contribution >= 4 is 23.3 Å². The number of alkyl halides is 3. The lowest BCUT2D eigenvalue weighted by Crippen LogP contribution is -2.49. The summed E-state index contributed by atoms with van der Waals surface area (Å²) in [5.74, 6) is -0.149. The molecule has 1 saturated heterocycles. The maximum absolute atomic E-state index is 13.4. The van der Waals surface area contributed by atoms with Gasteiger partial charge in [0.2, 0.25) is 0 Å². The van der Waals surface area contributed by atoms with E-state index in [-0.39, 0.29) is 24.2 Å². The highest BCUT2D eigenvalue weighted by Crippen LogP contribution is 2.31. The third-order valence-corrected chi connectivity index (χ3v) is 5.84. The van der Waals surface area contributed by atoms with Gasteiger partial charge in [-0.25, -0.2) is 4.79 Å². The minimum absolute atomic E-state index is 0.113. The Morgan fingerprint density at radius 2 is 1.76 bits per heavy atom. The number of amides is 3. The molecule has 0 unspecified atom stereocenters. The first-order valence-corrected chi connectivity index (χ1v) is 11.6. The molecule has 3 aromatic rings. The third kappa shape index (κ3) is 6.52. The molecule has 1 aliphatic heterocycles. The van der Waals surface area contributed by atoms with E-state index < -0.39 is 6.36 Å². The van der Waals surface area contributed by atoms with Gasteiger partial charge in [0, 0.05) is 25.2 Å². The molecule has 0 aliphatic carbocycles. The van der Waals surface area contributed by atoms with Crippen LogP contribution in [0.25, 0.3) is 0 Å². The summed E-state index contributed by atoms with van der Waals surface area (Å²) in [5, 5.41) is 2.90. The molecule has 194 valence electrons. The Bertz CT molecular complexity index is 1300. The number of aryl methyl sites for hydroxylation is 1. The molecule has 10 heteroatoms. The fourth-order valence-corrected chi connectivity index (χ4v) is 4.16. The minimum Gasteiger partial charge on any atom is -0.497 e. The van der Waals surface area contributed by atoms with Gasteiger partial charge in [-0.05, 0) is 66.9 Å². The zero-order valence-corrected chi connectivity index (χ0v) is 20.3. The van der Waals surface area contributed by atoms with Gasteiger partial charge in [0.1, 0.15) is 11.5 Å². The summed E-state index contributed by atoms with van der Waals surface area (Å²) >= 11 is 0. The largest absolute Gasteiger partial charge is 0.573 e. The molecule has 0 radical (unpaired) electrons. The van der Waals surface area contributed by atoms with Crippen molar-refractivity contribution in [1.29, 1.82) is 0 Å². The molecule has 4 rings (SSSR count). The van der Waals surface area contributed by atoms with Crippen molar-refractivity contribution in [2.75, 3.05) is 30.4 Å². The molecule has 0 atom stereocenters. The van der Waals surface area contributed by atoms with Gasteiger partial charge in [-0.3, -0.25) is 9.69 Å². The zero-order valence-electron chi connectivity index (χ0n) is 20.3. The van der Waals surface area contributed by atoms with Gasteiger partial charge < -0.3 is 19.7 Å². The molecule has 0 bridgehead atoms. The number of nitrogens with zero attached hydrogens (tertiary/aromatic N) is 2. The molecule has 0 aromatic heterocycles. The van der Waals surface area contributed by atoms with Crippen molar-refractivity contribution in [2.45, 2.75) is 26.3 Å². The van der Waals surface area contributed by atoms with E-state index in [1.54, 1.807) is 52.3 Å². The van der Waals surface area contributed by atoms with Gasteiger partial charge >= 0.3 is 12.4 Å². The van der Waals surface area contributed by atoms with Crippen molar-refractivity contribution in [3.8, 4) is 11.5 Å². The summed E-state index contributed by atoms with van der Waals surface area (Å²) in [6, 6.07) is 17.4. The van der Waals surface area contributed by atoms with E-state index in [4.69, 9.17) is 4.74 Å². The Hall–Kier alpha value is -4.21. The normalized spacial score (nSPS) is 13.9. The lowest BCUT2D eigenvalue weighted by molar-refractivity contribution is -0.274. The predicted octanol–water partition coefficient (Wildman–Crippen LogP) is 5.99. The Kier molecular flexibility index (Phi) is 7.56. The molecule has 1 heterocycles. The van der Waals surface area contributed by atoms with Gasteiger partial charge in [0.15, 0.2) is 0 Å². The van der Waals surface area contributed by atoms with Crippen molar-refractivity contribution in [3.63, 3.8) is 0 Å². The molecule has 0 spiro atoms. The van der Waals surface area contributed by atoms with Crippen LogP contribution >= 0.6 is 0 Å². The topological polar surface area (TPSA) is 71.1 Å². The highest BCUT2D eigenvalue weighted by Gasteiger charge is 2.32. The van der Waals surface area contributed by atoms with Crippen LogP contribution in [0.2, 0.25) is 0 Å². The third-order valence-electron chi connectivity index (χ3n) is 5.84. The highest BCUT2D eigenvalue weighted by atomic mass is 19.4. The van der Waals surface area contributed by atoms with Crippen LogP contribution < -0.4 is 19.7 Å². The van der Waals surface area contributed by atoms with Crippen molar-refractivity contribution in [3.05, 3.63) is 83.4 Å². The number of urea groups is 1. The van der Waals surface area contributed by atoms with Crippen LogP contribution in [0.5, 0.6) is 11.5 Å². The quantitative estimate of drug-likeness (QED) is 0.422. The van der Waals surface area contributed by atoms with Crippen molar-refractivity contribution in [1.82, 2.24) is 4.90 Å². The second kappa shape index (κ2) is 10.8. The maximum Gasteiger partial charge on any atom is 0.573 e. The number of hydrogen-bond donors (Lipinski definition) is 1. The molecule has 1 aliphatic rings. The smallest absolute Gasteiger partial charge is 0.497 e. The number of anilines is 2.